The van der Waals surface area contributed by atoms with E-state index < -0.39 is 28.5 Å². The van der Waals surface area contributed by atoms with Gasteiger partial charge < -0.3 is 19.7 Å². The predicted octanol–water partition coefficient (Wildman–Crippen LogP) is 4.79. The minimum Gasteiger partial charge on any atom is -0.493 e. The van der Waals surface area contributed by atoms with E-state index in [1.54, 1.807) is 12.1 Å². The van der Waals surface area contributed by atoms with E-state index in [9.17, 15) is 18.0 Å². The van der Waals surface area contributed by atoms with Crippen molar-refractivity contribution in [3.05, 3.63) is 88.4 Å². The molecule has 226 valence electrons. The fourth-order valence-corrected chi connectivity index (χ4v) is 5.55. The lowest BCUT2D eigenvalue weighted by molar-refractivity contribution is -0.140. The number of benzene rings is 3. The zero-order valence-electron chi connectivity index (χ0n) is 24.4. The van der Waals surface area contributed by atoms with Crippen LogP contribution >= 0.6 is 15.9 Å². The summed E-state index contributed by atoms with van der Waals surface area (Å²) in [5.41, 5.74) is 1.91. The van der Waals surface area contributed by atoms with Crippen LogP contribution in [-0.2, 0) is 32.6 Å². The second-order valence-corrected chi connectivity index (χ2v) is 12.6. The molecular weight excluding hydrogens is 622 g/mol. The fourth-order valence-electron chi connectivity index (χ4n) is 4.44. The van der Waals surface area contributed by atoms with Crippen LogP contribution in [-0.4, -0.2) is 64.7 Å². The number of rotatable bonds is 15. The zero-order chi connectivity index (χ0) is 30.7. The molecule has 1 N–H and O–H groups in total. The molecule has 3 aromatic carbocycles. The van der Waals surface area contributed by atoms with Gasteiger partial charge >= 0.3 is 0 Å². The topological polar surface area (TPSA) is 105 Å². The van der Waals surface area contributed by atoms with Gasteiger partial charge in [-0.25, -0.2) is 8.42 Å². The molecule has 2 amide bonds. The number of hydrogen-bond acceptors (Lipinski definition) is 6. The van der Waals surface area contributed by atoms with Crippen LogP contribution in [0.2, 0.25) is 0 Å². The van der Waals surface area contributed by atoms with Crippen molar-refractivity contribution >= 4 is 43.5 Å². The van der Waals surface area contributed by atoms with Crippen LogP contribution in [0.15, 0.2) is 77.3 Å². The summed E-state index contributed by atoms with van der Waals surface area (Å²) in [7, 11) is -0.982. The summed E-state index contributed by atoms with van der Waals surface area (Å²) >= 11 is 3.44. The number of sulfonamides is 1. The van der Waals surface area contributed by atoms with Gasteiger partial charge in [-0.15, -0.1) is 0 Å². The number of unbranched alkanes of at least 4 members (excludes halogenated alkanes) is 1. The lowest BCUT2D eigenvalue weighted by atomic mass is 10.0. The van der Waals surface area contributed by atoms with Gasteiger partial charge in [0.25, 0.3) is 0 Å². The third-order valence-electron chi connectivity index (χ3n) is 6.70. The lowest BCUT2D eigenvalue weighted by Gasteiger charge is -2.33. The monoisotopic (exact) mass is 659 g/mol. The summed E-state index contributed by atoms with van der Waals surface area (Å²) in [4.78, 5) is 29.3. The smallest absolute Gasteiger partial charge is 0.244 e. The number of carbonyl (C=O) groups excluding carboxylic acids is 2. The molecule has 11 heteroatoms. The molecule has 0 aliphatic heterocycles. The number of halogens is 1. The van der Waals surface area contributed by atoms with Gasteiger partial charge in [0.2, 0.25) is 21.8 Å². The Morgan fingerprint density at radius 3 is 2.19 bits per heavy atom. The van der Waals surface area contributed by atoms with Crippen molar-refractivity contribution in [2.45, 2.75) is 38.8 Å². The van der Waals surface area contributed by atoms with Crippen molar-refractivity contribution in [3.8, 4) is 11.5 Å². The van der Waals surface area contributed by atoms with Crippen molar-refractivity contribution in [1.29, 1.82) is 0 Å². The minimum atomic E-state index is -3.91. The van der Waals surface area contributed by atoms with E-state index in [1.165, 1.54) is 25.2 Å². The van der Waals surface area contributed by atoms with Crippen LogP contribution in [0.5, 0.6) is 11.5 Å². The van der Waals surface area contributed by atoms with Gasteiger partial charge in [-0.2, -0.15) is 0 Å². The predicted molar refractivity (Wildman–Crippen MR) is 168 cm³/mol. The van der Waals surface area contributed by atoms with Crippen LogP contribution in [0.3, 0.4) is 0 Å². The molecular formula is C31H38BrN3O6S. The van der Waals surface area contributed by atoms with Crippen LogP contribution in [0.1, 0.15) is 30.9 Å². The van der Waals surface area contributed by atoms with Gasteiger partial charge in [0.05, 0.1) is 26.2 Å². The first kappa shape index (κ1) is 32.9. The molecule has 0 bridgehead atoms. The SMILES string of the molecule is CCCCNC(=O)C(Cc1ccccc1)N(Cc1ccc(Br)cc1)C(=O)CN(c1ccc(OC)c(OC)c1)S(C)(=O)=O. The first-order valence-electron chi connectivity index (χ1n) is 13.6. The van der Waals surface area contributed by atoms with Gasteiger partial charge in [0.15, 0.2) is 11.5 Å². The van der Waals surface area contributed by atoms with E-state index >= 15 is 0 Å². The Morgan fingerprint density at radius 2 is 1.60 bits per heavy atom. The standard InChI is InChI=1S/C31H38BrN3O6S/c1-5-6-18-33-31(37)27(19-23-10-8-7-9-11-23)34(21-24-12-14-25(32)15-13-24)30(36)22-35(42(4,38)39)26-16-17-28(40-2)29(20-26)41-3/h7-17,20,27H,5-6,18-19,21-22H2,1-4H3,(H,33,37). The summed E-state index contributed by atoms with van der Waals surface area (Å²) in [6.45, 7) is 2.10. The maximum Gasteiger partial charge on any atom is 0.244 e. The second kappa shape index (κ2) is 15.6. The molecule has 0 spiro atoms. The molecule has 0 heterocycles. The number of nitrogens with zero attached hydrogens (tertiary/aromatic N) is 2. The Kier molecular flexibility index (Phi) is 12.2. The average molecular weight is 661 g/mol. The molecule has 1 atom stereocenters. The highest BCUT2D eigenvalue weighted by Gasteiger charge is 2.33. The van der Waals surface area contributed by atoms with E-state index in [0.29, 0.717) is 18.0 Å². The Morgan fingerprint density at radius 1 is 0.929 bits per heavy atom. The highest BCUT2D eigenvalue weighted by molar-refractivity contribution is 9.10. The van der Waals surface area contributed by atoms with Gasteiger partial charge in [0, 0.05) is 30.0 Å². The maximum absolute atomic E-state index is 14.2. The van der Waals surface area contributed by atoms with E-state index in [2.05, 4.69) is 21.2 Å². The van der Waals surface area contributed by atoms with Crippen molar-refractivity contribution in [1.82, 2.24) is 10.2 Å². The van der Waals surface area contributed by atoms with Crippen LogP contribution < -0.4 is 19.1 Å². The minimum absolute atomic E-state index is 0.106. The number of carbonyl (C=O) groups is 2. The molecule has 42 heavy (non-hydrogen) atoms. The summed E-state index contributed by atoms with van der Waals surface area (Å²) in [5, 5.41) is 2.97. The number of anilines is 1. The van der Waals surface area contributed by atoms with E-state index in [1.807, 2.05) is 61.5 Å². The van der Waals surface area contributed by atoms with Crippen molar-refractivity contribution in [2.75, 3.05) is 37.9 Å². The first-order chi connectivity index (χ1) is 20.1. The Labute approximate surface area is 257 Å². The summed E-state index contributed by atoms with van der Waals surface area (Å²) in [6.07, 6.45) is 3.00. The Balaban J connectivity index is 2.05. The second-order valence-electron chi connectivity index (χ2n) is 9.81. The van der Waals surface area contributed by atoms with Gasteiger partial charge in [-0.05, 0) is 41.8 Å². The molecule has 0 fully saturated rings. The number of ether oxygens (including phenoxy) is 2. The normalized spacial score (nSPS) is 11.8. The molecule has 3 rings (SSSR count). The highest BCUT2D eigenvalue weighted by Crippen LogP contribution is 2.32. The number of amides is 2. The van der Waals surface area contributed by atoms with Crippen LogP contribution in [0.4, 0.5) is 5.69 Å². The van der Waals surface area contributed by atoms with E-state index in [4.69, 9.17) is 9.47 Å². The van der Waals surface area contributed by atoms with Gasteiger partial charge in [0.1, 0.15) is 12.6 Å². The van der Waals surface area contributed by atoms with Gasteiger partial charge in [-0.1, -0.05) is 71.7 Å². The first-order valence-corrected chi connectivity index (χ1v) is 16.3. The number of methoxy groups -OCH3 is 2. The Hall–Kier alpha value is -3.57. The number of nitrogens with one attached hydrogen (secondary N) is 1. The molecule has 0 aromatic heterocycles. The fraction of sp³-hybridized carbons (Fsp3) is 0.355. The molecule has 0 saturated carbocycles. The van der Waals surface area contributed by atoms with Crippen molar-refractivity contribution < 1.29 is 27.5 Å². The quantitative estimate of drug-likeness (QED) is 0.235. The molecule has 1 unspecified atom stereocenters. The van der Waals surface area contributed by atoms with Gasteiger partial charge in [-0.3, -0.25) is 13.9 Å². The third kappa shape index (κ3) is 9.22. The van der Waals surface area contributed by atoms with Crippen LogP contribution in [0, 0.1) is 0 Å². The summed E-state index contributed by atoms with van der Waals surface area (Å²) in [5.74, 6) is -0.0795. The molecule has 0 saturated heterocycles. The average Bonchev–Trinajstić information content (AvgIpc) is 2.98. The van der Waals surface area contributed by atoms with E-state index in [-0.39, 0.29) is 24.6 Å². The van der Waals surface area contributed by atoms with Crippen molar-refractivity contribution in [2.24, 2.45) is 0 Å². The maximum atomic E-state index is 14.2. The molecule has 9 nitrogen and oxygen atoms in total. The molecule has 0 aliphatic rings. The Bertz CT molecular complexity index is 1430. The zero-order valence-corrected chi connectivity index (χ0v) is 26.8. The summed E-state index contributed by atoms with van der Waals surface area (Å²) in [6, 6.07) is 20.6. The van der Waals surface area contributed by atoms with Crippen molar-refractivity contribution in [3.63, 3.8) is 0 Å². The van der Waals surface area contributed by atoms with E-state index in [0.717, 1.165) is 39.0 Å². The molecule has 0 aliphatic carbocycles. The number of hydrogen-bond donors (Lipinski definition) is 1. The third-order valence-corrected chi connectivity index (χ3v) is 8.37. The highest BCUT2D eigenvalue weighted by atomic mass is 79.9. The largest absolute Gasteiger partial charge is 0.493 e. The molecule has 0 radical (unpaired) electrons. The lowest BCUT2D eigenvalue weighted by Crippen LogP contribution is -2.53. The summed E-state index contributed by atoms with van der Waals surface area (Å²) < 4.78 is 38.6. The van der Waals surface area contributed by atoms with Crippen LogP contribution in [0.25, 0.3) is 0 Å². The molecule has 3 aromatic rings.